The van der Waals surface area contributed by atoms with Gasteiger partial charge in [0.1, 0.15) is 5.69 Å². The Bertz CT molecular complexity index is 979. The van der Waals surface area contributed by atoms with Crippen LogP contribution in [0.25, 0.3) is 16.3 Å². The molecule has 4 rings (SSSR count). The second-order valence-electron chi connectivity index (χ2n) is 6.80. The third-order valence-corrected chi connectivity index (χ3v) is 5.68. The predicted octanol–water partition coefficient (Wildman–Crippen LogP) is 2.53. The minimum Gasteiger partial charge on any atom is -0.378 e. The first-order chi connectivity index (χ1) is 14.1. The number of carbonyl (C=O) groups is 2. The molecule has 2 aromatic heterocycles. The quantitative estimate of drug-likeness (QED) is 0.648. The van der Waals surface area contributed by atoms with Crippen LogP contribution in [-0.2, 0) is 9.53 Å². The van der Waals surface area contributed by atoms with Crippen molar-refractivity contribution in [2.45, 2.75) is 0 Å². The number of morpholine rings is 1. The minimum atomic E-state index is -0.225. The van der Waals surface area contributed by atoms with Crippen LogP contribution in [0.4, 0.5) is 0 Å². The highest BCUT2D eigenvalue weighted by atomic mass is 32.1. The van der Waals surface area contributed by atoms with Gasteiger partial charge < -0.3 is 14.5 Å². The van der Waals surface area contributed by atoms with Crippen molar-refractivity contribution in [1.82, 2.24) is 19.6 Å². The topological polar surface area (TPSA) is 67.7 Å². The lowest BCUT2D eigenvalue weighted by molar-refractivity contribution is -0.135. The van der Waals surface area contributed by atoms with Crippen LogP contribution in [0.3, 0.4) is 0 Å². The van der Waals surface area contributed by atoms with Crippen molar-refractivity contribution in [2.24, 2.45) is 0 Å². The van der Waals surface area contributed by atoms with Crippen molar-refractivity contribution in [3.05, 3.63) is 59.6 Å². The van der Waals surface area contributed by atoms with E-state index in [0.29, 0.717) is 37.6 Å². The molecule has 1 aliphatic heterocycles. The number of amides is 2. The summed E-state index contributed by atoms with van der Waals surface area (Å²) in [6.07, 6.45) is 1.74. The van der Waals surface area contributed by atoms with Gasteiger partial charge in [0.25, 0.3) is 5.91 Å². The molecule has 0 aliphatic carbocycles. The molecule has 150 valence electrons. The average molecular weight is 410 g/mol. The lowest BCUT2D eigenvalue weighted by atomic mass is 10.2. The summed E-state index contributed by atoms with van der Waals surface area (Å²) in [6, 6.07) is 13.5. The molecule has 0 saturated carbocycles. The van der Waals surface area contributed by atoms with Crippen LogP contribution < -0.4 is 0 Å². The van der Waals surface area contributed by atoms with Gasteiger partial charge in [-0.3, -0.25) is 9.59 Å². The number of ether oxygens (including phenoxy) is 1. The van der Waals surface area contributed by atoms with Gasteiger partial charge in [0.05, 0.1) is 35.9 Å². The lowest BCUT2D eigenvalue weighted by Gasteiger charge is -2.28. The zero-order valence-corrected chi connectivity index (χ0v) is 17.0. The number of likely N-dealkylation sites (N-methyl/N-ethyl adjacent to an activating group) is 1. The Morgan fingerprint density at radius 3 is 2.59 bits per heavy atom. The van der Waals surface area contributed by atoms with E-state index in [4.69, 9.17) is 4.74 Å². The van der Waals surface area contributed by atoms with Crippen molar-refractivity contribution < 1.29 is 14.3 Å². The predicted molar refractivity (Wildman–Crippen MR) is 111 cm³/mol. The number of aromatic nitrogens is 2. The van der Waals surface area contributed by atoms with Gasteiger partial charge in [-0.1, -0.05) is 24.3 Å². The van der Waals surface area contributed by atoms with E-state index in [9.17, 15) is 9.59 Å². The summed E-state index contributed by atoms with van der Waals surface area (Å²) in [7, 11) is 1.65. The van der Waals surface area contributed by atoms with E-state index in [2.05, 4.69) is 5.10 Å². The summed E-state index contributed by atoms with van der Waals surface area (Å²) in [4.78, 5) is 29.9. The molecule has 2 amide bonds. The van der Waals surface area contributed by atoms with E-state index in [1.807, 2.05) is 47.8 Å². The Hall–Kier alpha value is -2.97. The average Bonchev–Trinajstić information content (AvgIpc) is 3.44. The van der Waals surface area contributed by atoms with Gasteiger partial charge in [0.2, 0.25) is 5.91 Å². The molecule has 0 spiro atoms. The van der Waals surface area contributed by atoms with E-state index >= 15 is 0 Å². The maximum atomic E-state index is 13.2. The minimum absolute atomic E-state index is 0.0270. The Labute approximate surface area is 173 Å². The van der Waals surface area contributed by atoms with Gasteiger partial charge >= 0.3 is 0 Å². The summed E-state index contributed by atoms with van der Waals surface area (Å²) in [5.74, 6) is -0.297. The highest BCUT2D eigenvalue weighted by Gasteiger charge is 2.25. The second-order valence-corrected chi connectivity index (χ2v) is 7.75. The van der Waals surface area contributed by atoms with E-state index in [0.717, 1.165) is 10.6 Å². The van der Waals surface area contributed by atoms with Gasteiger partial charge in [0.15, 0.2) is 0 Å². The largest absolute Gasteiger partial charge is 0.378 e. The van der Waals surface area contributed by atoms with Gasteiger partial charge in [-0.05, 0) is 23.6 Å². The first-order valence-corrected chi connectivity index (χ1v) is 10.3. The van der Waals surface area contributed by atoms with Gasteiger partial charge in [-0.15, -0.1) is 11.3 Å². The molecule has 29 heavy (non-hydrogen) atoms. The maximum Gasteiger partial charge on any atom is 0.257 e. The fraction of sp³-hybridized carbons (Fsp3) is 0.286. The number of rotatable bonds is 5. The van der Waals surface area contributed by atoms with Crippen molar-refractivity contribution in [2.75, 3.05) is 39.9 Å². The molecule has 1 aromatic carbocycles. The highest BCUT2D eigenvalue weighted by Crippen LogP contribution is 2.28. The molecule has 0 radical (unpaired) electrons. The lowest BCUT2D eigenvalue weighted by Crippen LogP contribution is -2.46. The Morgan fingerprint density at radius 1 is 1.14 bits per heavy atom. The zero-order chi connectivity index (χ0) is 20.2. The van der Waals surface area contributed by atoms with Gasteiger partial charge in [-0.2, -0.15) is 5.10 Å². The summed E-state index contributed by atoms with van der Waals surface area (Å²) in [6.45, 7) is 2.23. The number of thiophene rings is 1. The molecule has 0 unspecified atom stereocenters. The Kier molecular flexibility index (Phi) is 5.73. The molecule has 0 atom stereocenters. The van der Waals surface area contributed by atoms with E-state index in [1.54, 1.807) is 22.8 Å². The van der Waals surface area contributed by atoms with Crippen LogP contribution >= 0.6 is 11.3 Å². The molecule has 1 saturated heterocycles. The Morgan fingerprint density at radius 2 is 1.90 bits per heavy atom. The summed E-state index contributed by atoms with van der Waals surface area (Å²) < 4.78 is 7.00. The number of para-hydroxylation sites is 1. The molecule has 7 nitrogen and oxygen atoms in total. The smallest absolute Gasteiger partial charge is 0.257 e. The molecule has 3 heterocycles. The third kappa shape index (κ3) is 4.23. The molecule has 3 aromatic rings. The van der Waals surface area contributed by atoms with E-state index < -0.39 is 0 Å². The summed E-state index contributed by atoms with van der Waals surface area (Å²) in [5.41, 5.74) is 1.98. The van der Waals surface area contributed by atoms with E-state index in [1.165, 1.54) is 16.2 Å². The van der Waals surface area contributed by atoms with Gasteiger partial charge in [-0.25, -0.2) is 4.68 Å². The third-order valence-electron chi connectivity index (χ3n) is 4.80. The SMILES string of the molecule is CN(CC(=O)N1CCOCC1)C(=O)c1cn(-c2ccccc2)nc1-c1cccs1. The Balaban J connectivity index is 1.59. The van der Waals surface area contributed by atoms with Crippen LogP contribution in [0.1, 0.15) is 10.4 Å². The number of hydrogen-bond donors (Lipinski definition) is 0. The molecule has 8 heteroatoms. The van der Waals surface area contributed by atoms with Crippen LogP contribution in [0.2, 0.25) is 0 Å². The molecule has 0 bridgehead atoms. The number of carbonyl (C=O) groups excluding carboxylic acids is 2. The van der Waals surface area contributed by atoms with Crippen molar-refractivity contribution >= 4 is 23.2 Å². The molecule has 1 aliphatic rings. The zero-order valence-electron chi connectivity index (χ0n) is 16.2. The number of benzene rings is 1. The van der Waals surface area contributed by atoms with Crippen molar-refractivity contribution in [1.29, 1.82) is 0 Å². The fourth-order valence-electron chi connectivity index (χ4n) is 3.23. The standard InChI is InChI=1S/C21H22N4O3S/c1-23(15-19(26)24-9-11-28-12-10-24)21(27)17-14-25(16-6-3-2-4-7-16)22-20(17)18-8-5-13-29-18/h2-8,13-14H,9-12,15H2,1H3. The molecule has 0 N–H and O–H groups in total. The first-order valence-electron chi connectivity index (χ1n) is 9.43. The van der Waals surface area contributed by atoms with Crippen molar-refractivity contribution in [3.8, 4) is 16.3 Å². The number of hydrogen-bond acceptors (Lipinski definition) is 5. The van der Waals surface area contributed by atoms with Crippen LogP contribution in [0.5, 0.6) is 0 Å². The molecule has 1 fully saturated rings. The summed E-state index contributed by atoms with van der Waals surface area (Å²) in [5, 5.41) is 6.62. The van der Waals surface area contributed by atoms with Crippen LogP contribution in [-0.4, -0.2) is 71.3 Å². The second kappa shape index (κ2) is 8.59. The highest BCUT2D eigenvalue weighted by molar-refractivity contribution is 7.13. The normalized spacial score (nSPS) is 14.0. The van der Waals surface area contributed by atoms with E-state index in [-0.39, 0.29) is 18.4 Å². The molecular formula is C21H22N4O3S. The number of nitrogens with zero attached hydrogens (tertiary/aromatic N) is 4. The summed E-state index contributed by atoms with van der Waals surface area (Å²) >= 11 is 1.53. The molecular weight excluding hydrogens is 388 g/mol. The van der Waals surface area contributed by atoms with Crippen LogP contribution in [0.15, 0.2) is 54.0 Å². The maximum absolute atomic E-state index is 13.2. The van der Waals surface area contributed by atoms with Crippen molar-refractivity contribution in [3.63, 3.8) is 0 Å². The van der Waals surface area contributed by atoms with Crippen LogP contribution in [0, 0.1) is 0 Å². The first kappa shape index (κ1) is 19.4. The monoisotopic (exact) mass is 410 g/mol. The fourth-order valence-corrected chi connectivity index (χ4v) is 3.96. The van der Waals surface area contributed by atoms with Gasteiger partial charge in [0, 0.05) is 26.3 Å².